The van der Waals surface area contributed by atoms with E-state index in [9.17, 15) is 13.6 Å². The van der Waals surface area contributed by atoms with Crippen LogP contribution >= 0.6 is 12.4 Å². The first-order chi connectivity index (χ1) is 15.1. The standard InChI is InChI=1S/C22H20F2N4O3.ClH/c23-13-1-3-17-15(11-13)19(22(29)26-17)21-20(16-12-14(24)2-4-18(16)25-21)27-31-10-7-28-5-8-30-9-6-28;/h1-4,11-12,25H,5-10H2,(H,26,29);1H/b21-19-,27-20+;. The first-order valence-corrected chi connectivity index (χ1v) is 10.0. The minimum Gasteiger partial charge on any atom is -0.394 e. The second-order valence-electron chi connectivity index (χ2n) is 7.44. The Labute approximate surface area is 189 Å². The fourth-order valence-corrected chi connectivity index (χ4v) is 3.92. The van der Waals surface area contributed by atoms with Gasteiger partial charge < -0.3 is 20.2 Å². The van der Waals surface area contributed by atoms with Crippen LogP contribution in [0.2, 0.25) is 0 Å². The zero-order valence-electron chi connectivity index (χ0n) is 17.0. The van der Waals surface area contributed by atoms with Gasteiger partial charge in [-0.3, -0.25) is 9.69 Å². The van der Waals surface area contributed by atoms with Crippen LogP contribution in [0, 0.1) is 11.6 Å². The zero-order chi connectivity index (χ0) is 21.4. The number of benzene rings is 2. The molecule has 0 aliphatic carbocycles. The number of allylic oxidation sites excluding steroid dienone is 1. The van der Waals surface area contributed by atoms with E-state index in [1.807, 2.05) is 0 Å². The molecule has 1 fully saturated rings. The highest BCUT2D eigenvalue weighted by Crippen LogP contribution is 2.39. The number of ether oxygens (including phenoxy) is 1. The van der Waals surface area contributed by atoms with Gasteiger partial charge in [0, 0.05) is 42.1 Å². The summed E-state index contributed by atoms with van der Waals surface area (Å²) in [6.45, 7) is 4.03. The van der Waals surface area contributed by atoms with Crippen LogP contribution in [0.5, 0.6) is 0 Å². The maximum absolute atomic E-state index is 14.0. The predicted molar refractivity (Wildman–Crippen MR) is 119 cm³/mol. The van der Waals surface area contributed by atoms with Gasteiger partial charge in [-0.2, -0.15) is 0 Å². The summed E-state index contributed by atoms with van der Waals surface area (Å²) in [4.78, 5) is 20.5. The lowest BCUT2D eigenvalue weighted by Gasteiger charge is -2.25. The van der Waals surface area contributed by atoms with Gasteiger partial charge in [-0.1, -0.05) is 5.16 Å². The molecule has 2 aromatic rings. The van der Waals surface area contributed by atoms with Crippen LogP contribution in [0.3, 0.4) is 0 Å². The van der Waals surface area contributed by atoms with Crippen molar-refractivity contribution in [3.8, 4) is 0 Å². The molecule has 5 rings (SSSR count). The predicted octanol–water partition coefficient (Wildman–Crippen LogP) is 3.23. The van der Waals surface area contributed by atoms with Crippen molar-refractivity contribution in [2.24, 2.45) is 5.16 Å². The summed E-state index contributed by atoms with van der Waals surface area (Å²) in [6.07, 6.45) is 0. The Morgan fingerprint density at radius 2 is 1.66 bits per heavy atom. The Hall–Kier alpha value is -3.01. The summed E-state index contributed by atoms with van der Waals surface area (Å²) in [5.74, 6) is -1.29. The number of amides is 1. The van der Waals surface area contributed by atoms with E-state index < -0.39 is 17.5 Å². The third-order valence-corrected chi connectivity index (χ3v) is 5.47. The van der Waals surface area contributed by atoms with Crippen LogP contribution in [0.15, 0.2) is 47.3 Å². The molecule has 3 heterocycles. The number of carbonyl (C=O) groups excluding carboxylic acids is 1. The molecule has 3 aliphatic heterocycles. The fraction of sp³-hybridized carbons (Fsp3) is 0.273. The monoisotopic (exact) mass is 462 g/mol. The van der Waals surface area contributed by atoms with Crippen LogP contribution in [-0.4, -0.2) is 56.0 Å². The summed E-state index contributed by atoms with van der Waals surface area (Å²) in [6, 6.07) is 8.30. The van der Waals surface area contributed by atoms with E-state index in [0.29, 0.717) is 60.3 Å². The van der Waals surface area contributed by atoms with Gasteiger partial charge in [0.2, 0.25) is 0 Å². The molecule has 168 valence electrons. The molecule has 1 amide bonds. The summed E-state index contributed by atoms with van der Waals surface area (Å²) in [5.41, 5.74) is 2.89. The molecule has 0 unspecified atom stereocenters. The van der Waals surface area contributed by atoms with Gasteiger partial charge in [-0.25, -0.2) is 8.78 Å². The van der Waals surface area contributed by atoms with Crippen molar-refractivity contribution in [2.75, 3.05) is 50.1 Å². The Morgan fingerprint density at radius 1 is 1.00 bits per heavy atom. The molecule has 0 saturated carbocycles. The second-order valence-corrected chi connectivity index (χ2v) is 7.44. The first kappa shape index (κ1) is 22.2. The average Bonchev–Trinajstić information content (AvgIpc) is 3.27. The van der Waals surface area contributed by atoms with Gasteiger partial charge in [0.25, 0.3) is 5.91 Å². The van der Waals surface area contributed by atoms with E-state index in [-0.39, 0.29) is 18.0 Å². The van der Waals surface area contributed by atoms with E-state index in [1.165, 1.54) is 30.3 Å². The fourth-order valence-electron chi connectivity index (χ4n) is 3.92. The Kier molecular flexibility index (Phi) is 6.40. The first-order valence-electron chi connectivity index (χ1n) is 10.0. The summed E-state index contributed by atoms with van der Waals surface area (Å²) in [7, 11) is 0. The number of oxime groups is 1. The molecule has 0 atom stereocenters. The van der Waals surface area contributed by atoms with E-state index in [4.69, 9.17) is 9.57 Å². The van der Waals surface area contributed by atoms with Gasteiger partial charge in [0.05, 0.1) is 24.5 Å². The quantitative estimate of drug-likeness (QED) is 0.414. The van der Waals surface area contributed by atoms with Crippen LogP contribution < -0.4 is 10.6 Å². The lowest BCUT2D eigenvalue weighted by Crippen LogP contribution is -2.38. The van der Waals surface area contributed by atoms with Gasteiger partial charge in [0.15, 0.2) is 0 Å². The van der Waals surface area contributed by atoms with Crippen molar-refractivity contribution in [1.82, 2.24) is 4.90 Å². The van der Waals surface area contributed by atoms with E-state index in [0.717, 1.165) is 13.1 Å². The van der Waals surface area contributed by atoms with Crippen molar-refractivity contribution >= 4 is 41.0 Å². The second kappa shape index (κ2) is 9.23. The summed E-state index contributed by atoms with van der Waals surface area (Å²) >= 11 is 0. The van der Waals surface area contributed by atoms with E-state index in [2.05, 4.69) is 20.7 Å². The Morgan fingerprint density at radius 3 is 2.38 bits per heavy atom. The molecule has 7 nitrogen and oxygen atoms in total. The van der Waals surface area contributed by atoms with Crippen LogP contribution in [-0.2, 0) is 14.4 Å². The molecule has 1 saturated heterocycles. The zero-order valence-corrected chi connectivity index (χ0v) is 17.8. The maximum Gasteiger partial charge on any atom is 0.258 e. The highest BCUT2D eigenvalue weighted by Gasteiger charge is 2.34. The normalized spacial score (nSPS) is 20.9. The number of anilines is 2. The van der Waals surface area contributed by atoms with Crippen LogP contribution in [0.25, 0.3) is 5.57 Å². The van der Waals surface area contributed by atoms with E-state index in [1.54, 1.807) is 6.07 Å². The van der Waals surface area contributed by atoms with Crippen molar-refractivity contribution in [3.63, 3.8) is 0 Å². The molecule has 0 aromatic heterocycles. The van der Waals surface area contributed by atoms with Crippen molar-refractivity contribution in [2.45, 2.75) is 0 Å². The van der Waals surface area contributed by atoms with Gasteiger partial charge >= 0.3 is 0 Å². The third-order valence-electron chi connectivity index (χ3n) is 5.47. The number of hydrogen-bond acceptors (Lipinski definition) is 6. The summed E-state index contributed by atoms with van der Waals surface area (Å²) < 4.78 is 33.2. The number of rotatable bonds is 4. The van der Waals surface area contributed by atoms with Crippen LogP contribution in [0.4, 0.5) is 20.2 Å². The van der Waals surface area contributed by atoms with Crippen LogP contribution in [0.1, 0.15) is 11.1 Å². The number of hydrogen-bond donors (Lipinski definition) is 2. The average molecular weight is 463 g/mol. The molecular formula is C22H21ClF2N4O3. The minimum atomic E-state index is -0.463. The SMILES string of the molecule is Cl.O=C1Nc2ccc(F)cc2/C1=C1/Nc2ccc(F)cc2/C1=N\OCCN1CCOCC1. The van der Waals surface area contributed by atoms with E-state index >= 15 is 0 Å². The Bertz CT molecular complexity index is 1120. The molecule has 32 heavy (non-hydrogen) atoms. The highest BCUT2D eigenvalue weighted by molar-refractivity contribution is 6.39. The highest BCUT2D eigenvalue weighted by atomic mass is 35.5. The summed E-state index contributed by atoms with van der Waals surface area (Å²) in [5, 5.41) is 10.1. The lowest BCUT2D eigenvalue weighted by molar-refractivity contribution is -0.110. The molecule has 10 heteroatoms. The number of fused-ring (bicyclic) bond motifs is 2. The minimum absolute atomic E-state index is 0. The topological polar surface area (TPSA) is 75.2 Å². The molecule has 0 spiro atoms. The van der Waals surface area contributed by atoms with Gasteiger partial charge in [-0.05, 0) is 36.4 Å². The molecule has 2 aromatic carbocycles. The third kappa shape index (κ3) is 4.19. The largest absolute Gasteiger partial charge is 0.394 e. The Balaban J connectivity index is 0.00000245. The molecule has 3 aliphatic rings. The smallest absolute Gasteiger partial charge is 0.258 e. The molecule has 2 N–H and O–H groups in total. The molecule has 0 radical (unpaired) electrons. The van der Waals surface area contributed by atoms with Crippen molar-refractivity contribution in [1.29, 1.82) is 0 Å². The maximum atomic E-state index is 14.0. The molecular weight excluding hydrogens is 442 g/mol. The molecule has 0 bridgehead atoms. The number of carbonyl (C=O) groups is 1. The van der Waals surface area contributed by atoms with Gasteiger partial charge in [-0.15, -0.1) is 12.4 Å². The number of nitrogens with one attached hydrogen (secondary N) is 2. The van der Waals surface area contributed by atoms with Crippen molar-refractivity contribution < 1.29 is 23.1 Å². The number of halogens is 3. The van der Waals surface area contributed by atoms with Gasteiger partial charge in [0.1, 0.15) is 24.0 Å². The number of morpholine rings is 1. The lowest BCUT2D eigenvalue weighted by atomic mass is 10.0. The number of nitrogens with zero attached hydrogens (tertiary/aromatic N) is 2. The van der Waals surface area contributed by atoms with Crippen molar-refractivity contribution in [3.05, 3.63) is 64.9 Å².